The minimum Gasteiger partial charge on any atom is -0.298 e. The molecule has 3 rings (SSSR count). The van der Waals surface area contributed by atoms with Crippen LogP contribution in [0.3, 0.4) is 0 Å². The average Bonchev–Trinajstić information content (AvgIpc) is 2.95. The number of carbonyl (C=O) groups excluding carboxylic acids is 1. The standard InChI is InChI=1S/C15H10N4O5S/c1-8-3-2-4-10(13(8)19(23)24)14(20)17-15-16-11-6-5-9(18(21)22)7-12(11)25-15/h2-7H,1H3,(H,16,17,20). The molecule has 25 heavy (non-hydrogen) atoms. The molecule has 9 nitrogen and oxygen atoms in total. The van der Waals surface area contributed by atoms with Crippen molar-refractivity contribution in [2.45, 2.75) is 6.92 Å². The number of para-hydroxylation sites is 1. The van der Waals surface area contributed by atoms with Gasteiger partial charge in [-0.2, -0.15) is 0 Å². The van der Waals surface area contributed by atoms with Gasteiger partial charge in [-0.05, 0) is 19.1 Å². The summed E-state index contributed by atoms with van der Waals surface area (Å²) < 4.78 is 0.531. The maximum Gasteiger partial charge on any atom is 0.285 e. The molecule has 3 aromatic rings. The normalized spacial score (nSPS) is 10.6. The summed E-state index contributed by atoms with van der Waals surface area (Å²) in [5.74, 6) is -0.663. The van der Waals surface area contributed by atoms with E-state index in [0.717, 1.165) is 11.3 Å². The first-order valence-electron chi connectivity index (χ1n) is 6.97. The van der Waals surface area contributed by atoms with E-state index in [2.05, 4.69) is 10.3 Å². The minimum absolute atomic E-state index is 0.0739. The first kappa shape index (κ1) is 16.5. The molecule has 0 spiro atoms. The number of aromatic nitrogens is 1. The number of nitro benzene ring substituents is 2. The number of nitrogens with one attached hydrogen (secondary N) is 1. The molecule has 0 radical (unpaired) electrons. The molecule has 0 aliphatic rings. The molecular weight excluding hydrogens is 348 g/mol. The maximum absolute atomic E-state index is 12.4. The van der Waals surface area contributed by atoms with Gasteiger partial charge in [0, 0.05) is 17.7 Å². The summed E-state index contributed by atoms with van der Waals surface area (Å²) >= 11 is 1.05. The number of non-ortho nitro benzene ring substituents is 1. The highest BCUT2D eigenvalue weighted by molar-refractivity contribution is 7.22. The molecule has 0 saturated heterocycles. The Hall–Kier alpha value is -3.40. The lowest BCUT2D eigenvalue weighted by atomic mass is 10.1. The number of thiazole rings is 1. The molecule has 10 heteroatoms. The molecule has 1 heterocycles. The number of carbonyl (C=O) groups is 1. The number of fused-ring (bicyclic) bond motifs is 1. The zero-order valence-electron chi connectivity index (χ0n) is 12.8. The van der Waals surface area contributed by atoms with Gasteiger partial charge in [0.15, 0.2) is 5.13 Å². The van der Waals surface area contributed by atoms with Crippen LogP contribution in [0.4, 0.5) is 16.5 Å². The number of nitro groups is 2. The summed E-state index contributed by atoms with van der Waals surface area (Å²) in [4.78, 5) is 37.4. The van der Waals surface area contributed by atoms with Gasteiger partial charge in [-0.15, -0.1) is 0 Å². The van der Waals surface area contributed by atoms with Crippen LogP contribution in [0.25, 0.3) is 10.2 Å². The summed E-state index contributed by atoms with van der Waals surface area (Å²) in [6.45, 7) is 1.55. The minimum atomic E-state index is -0.663. The molecular formula is C15H10N4O5S. The highest BCUT2D eigenvalue weighted by Crippen LogP contribution is 2.30. The van der Waals surface area contributed by atoms with E-state index in [4.69, 9.17) is 0 Å². The molecule has 0 saturated carbocycles. The SMILES string of the molecule is Cc1cccc(C(=O)Nc2nc3ccc([N+](=O)[O-])cc3s2)c1[N+](=O)[O-]. The first-order valence-corrected chi connectivity index (χ1v) is 7.79. The number of benzene rings is 2. The lowest BCUT2D eigenvalue weighted by Crippen LogP contribution is -2.14. The second-order valence-corrected chi connectivity index (χ2v) is 6.14. The predicted octanol–water partition coefficient (Wildman–Crippen LogP) is 3.67. The predicted molar refractivity (Wildman–Crippen MR) is 92.1 cm³/mol. The molecule has 1 aromatic heterocycles. The van der Waals surface area contributed by atoms with Gasteiger partial charge in [-0.25, -0.2) is 4.98 Å². The van der Waals surface area contributed by atoms with Crippen molar-refractivity contribution in [1.29, 1.82) is 0 Å². The average molecular weight is 358 g/mol. The number of aryl methyl sites for hydroxylation is 1. The van der Waals surface area contributed by atoms with Crippen molar-refractivity contribution in [3.05, 3.63) is 67.8 Å². The fourth-order valence-corrected chi connectivity index (χ4v) is 3.22. The van der Waals surface area contributed by atoms with Gasteiger partial charge in [0.2, 0.25) is 0 Å². The number of rotatable bonds is 4. The Morgan fingerprint density at radius 1 is 1.16 bits per heavy atom. The zero-order chi connectivity index (χ0) is 18.1. The van der Waals surface area contributed by atoms with E-state index in [1.54, 1.807) is 19.1 Å². The highest BCUT2D eigenvalue weighted by atomic mass is 32.1. The number of hydrogen-bond donors (Lipinski definition) is 1. The third-order valence-corrected chi connectivity index (χ3v) is 4.40. The Morgan fingerprint density at radius 2 is 1.92 bits per heavy atom. The molecule has 0 bridgehead atoms. The zero-order valence-corrected chi connectivity index (χ0v) is 13.6. The van der Waals surface area contributed by atoms with Crippen LogP contribution in [0.5, 0.6) is 0 Å². The molecule has 0 aliphatic carbocycles. The third-order valence-electron chi connectivity index (χ3n) is 3.47. The largest absolute Gasteiger partial charge is 0.298 e. The number of nitrogens with zero attached hydrogens (tertiary/aromatic N) is 3. The Morgan fingerprint density at radius 3 is 2.60 bits per heavy atom. The van der Waals surface area contributed by atoms with Crippen molar-refractivity contribution < 1.29 is 14.6 Å². The lowest BCUT2D eigenvalue weighted by Gasteiger charge is -2.04. The smallest absolute Gasteiger partial charge is 0.285 e. The topological polar surface area (TPSA) is 128 Å². The van der Waals surface area contributed by atoms with E-state index in [0.29, 0.717) is 15.8 Å². The van der Waals surface area contributed by atoms with Gasteiger partial charge in [0.1, 0.15) is 5.56 Å². The fraction of sp³-hybridized carbons (Fsp3) is 0.0667. The van der Waals surface area contributed by atoms with Crippen LogP contribution in [-0.4, -0.2) is 20.7 Å². The molecule has 1 amide bonds. The third kappa shape index (κ3) is 3.15. The van der Waals surface area contributed by atoms with Gasteiger partial charge < -0.3 is 0 Å². The van der Waals surface area contributed by atoms with Gasteiger partial charge in [-0.3, -0.25) is 30.3 Å². The second-order valence-electron chi connectivity index (χ2n) is 5.11. The fourth-order valence-electron chi connectivity index (χ4n) is 2.33. The number of amides is 1. The summed E-state index contributed by atoms with van der Waals surface area (Å²) in [5, 5.41) is 24.7. The summed E-state index contributed by atoms with van der Waals surface area (Å²) in [6, 6.07) is 8.62. The van der Waals surface area contributed by atoms with Crippen LogP contribution < -0.4 is 5.32 Å². The molecule has 0 atom stereocenters. The van der Waals surface area contributed by atoms with E-state index >= 15 is 0 Å². The van der Waals surface area contributed by atoms with Gasteiger partial charge in [0.05, 0.1) is 20.1 Å². The molecule has 0 fully saturated rings. The highest BCUT2D eigenvalue weighted by Gasteiger charge is 2.23. The number of hydrogen-bond acceptors (Lipinski definition) is 7. The molecule has 1 N–H and O–H groups in total. The molecule has 0 aliphatic heterocycles. The Labute approximate surface area is 144 Å². The van der Waals surface area contributed by atoms with E-state index in [1.165, 1.54) is 24.3 Å². The summed E-state index contributed by atoms with van der Waals surface area (Å²) in [5.41, 5.74) is 0.442. The van der Waals surface area contributed by atoms with E-state index < -0.39 is 15.8 Å². The van der Waals surface area contributed by atoms with Crippen LogP contribution in [0.15, 0.2) is 36.4 Å². The van der Waals surface area contributed by atoms with Gasteiger partial charge in [-0.1, -0.05) is 23.5 Å². The van der Waals surface area contributed by atoms with Crippen LogP contribution >= 0.6 is 11.3 Å². The summed E-state index contributed by atoms with van der Waals surface area (Å²) in [7, 11) is 0. The van der Waals surface area contributed by atoms with E-state index in [9.17, 15) is 25.0 Å². The molecule has 126 valence electrons. The van der Waals surface area contributed by atoms with E-state index in [-0.39, 0.29) is 22.1 Å². The molecule has 2 aromatic carbocycles. The lowest BCUT2D eigenvalue weighted by molar-refractivity contribution is -0.385. The van der Waals surface area contributed by atoms with Gasteiger partial charge in [0.25, 0.3) is 17.3 Å². The van der Waals surface area contributed by atoms with Crippen molar-refractivity contribution in [1.82, 2.24) is 4.98 Å². The van der Waals surface area contributed by atoms with Gasteiger partial charge >= 0.3 is 0 Å². The van der Waals surface area contributed by atoms with Crippen molar-refractivity contribution in [3.8, 4) is 0 Å². The van der Waals surface area contributed by atoms with Crippen LogP contribution in [0, 0.1) is 27.2 Å². The maximum atomic E-state index is 12.4. The van der Waals surface area contributed by atoms with Crippen LogP contribution in [0.2, 0.25) is 0 Å². The van der Waals surface area contributed by atoms with E-state index in [1.807, 2.05) is 0 Å². The van der Waals surface area contributed by atoms with Crippen molar-refractivity contribution in [2.24, 2.45) is 0 Å². The van der Waals surface area contributed by atoms with Crippen molar-refractivity contribution >= 4 is 44.0 Å². The van der Waals surface area contributed by atoms with Crippen LogP contribution in [0.1, 0.15) is 15.9 Å². The van der Waals surface area contributed by atoms with Crippen molar-refractivity contribution in [3.63, 3.8) is 0 Å². The van der Waals surface area contributed by atoms with Crippen molar-refractivity contribution in [2.75, 3.05) is 5.32 Å². The Bertz CT molecular complexity index is 1030. The first-order chi connectivity index (χ1) is 11.9. The monoisotopic (exact) mass is 358 g/mol. The summed E-state index contributed by atoms with van der Waals surface area (Å²) in [6.07, 6.45) is 0. The Kier molecular flexibility index (Phi) is 4.11. The number of anilines is 1. The Balaban J connectivity index is 1.94. The molecule has 0 unspecified atom stereocenters. The van der Waals surface area contributed by atoms with Crippen LogP contribution in [-0.2, 0) is 0 Å². The second kappa shape index (κ2) is 6.24. The quantitative estimate of drug-likeness (QED) is 0.559.